The molecule has 2 N–H and O–H groups in total. The Morgan fingerprint density at radius 1 is 1.05 bits per heavy atom. The lowest BCUT2D eigenvalue weighted by Gasteiger charge is -2.15. The average molecular weight is 304 g/mol. The third-order valence-corrected chi connectivity index (χ3v) is 3.82. The maximum atomic E-state index is 11.9. The molecule has 1 aliphatic rings. The van der Waals surface area contributed by atoms with Crippen LogP contribution >= 0.6 is 0 Å². The summed E-state index contributed by atoms with van der Waals surface area (Å²) in [6, 6.07) is 7.11. The first-order chi connectivity index (χ1) is 10.7. The van der Waals surface area contributed by atoms with Crippen molar-refractivity contribution in [1.82, 2.24) is 5.32 Å². The van der Waals surface area contributed by atoms with Crippen LogP contribution in [0, 0.1) is 0 Å². The molecule has 0 bridgehead atoms. The number of rotatable bonds is 4. The van der Waals surface area contributed by atoms with E-state index in [4.69, 9.17) is 4.74 Å². The third kappa shape index (κ3) is 5.06. The van der Waals surface area contributed by atoms with Crippen LogP contribution in [0.1, 0.15) is 45.4 Å². The molecule has 0 unspecified atom stereocenters. The Kier molecular flexibility index (Phi) is 6.25. The normalized spacial score (nSPS) is 15.7. The highest BCUT2D eigenvalue weighted by molar-refractivity contribution is 6.39. The van der Waals surface area contributed by atoms with Gasteiger partial charge in [0.25, 0.3) is 0 Å². The van der Waals surface area contributed by atoms with E-state index >= 15 is 0 Å². The van der Waals surface area contributed by atoms with Gasteiger partial charge in [0.1, 0.15) is 5.75 Å². The number of benzene rings is 1. The molecule has 5 heteroatoms. The standard InChI is InChI=1S/C17H24N2O3/c1-2-22-15-11-9-14(10-12-15)19-17(21)16(20)18-13-7-5-3-4-6-8-13/h9-13H,2-8H2,1H3,(H,18,20)(H,19,21). The first kappa shape index (κ1) is 16.3. The molecule has 0 heterocycles. The smallest absolute Gasteiger partial charge is 0.313 e. The summed E-state index contributed by atoms with van der Waals surface area (Å²) >= 11 is 0. The fourth-order valence-corrected chi connectivity index (χ4v) is 2.66. The van der Waals surface area contributed by atoms with Crippen LogP contribution < -0.4 is 15.4 Å². The van der Waals surface area contributed by atoms with E-state index in [1.54, 1.807) is 24.3 Å². The van der Waals surface area contributed by atoms with Crippen LogP contribution in [0.2, 0.25) is 0 Å². The maximum Gasteiger partial charge on any atom is 0.313 e. The summed E-state index contributed by atoms with van der Waals surface area (Å²) in [5, 5.41) is 5.44. The molecule has 120 valence electrons. The van der Waals surface area contributed by atoms with Crippen molar-refractivity contribution >= 4 is 17.5 Å². The predicted octanol–water partition coefficient (Wildman–Crippen LogP) is 2.86. The van der Waals surface area contributed by atoms with Crippen molar-refractivity contribution in [3.8, 4) is 5.75 Å². The zero-order valence-corrected chi connectivity index (χ0v) is 13.1. The highest BCUT2D eigenvalue weighted by Gasteiger charge is 2.19. The van der Waals surface area contributed by atoms with Crippen LogP contribution in [0.3, 0.4) is 0 Å². The minimum atomic E-state index is -0.617. The van der Waals surface area contributed by atoms with Crippen molar-refractivity contribution in [2.24, 2.45) is 0 Å². The van der Waals surface area contributed by atoms with Crippen molar-refractivity contribution in [3.63, 3.8) is 0 Å². The molecule has 1 aliphatic carbocycles. The molecule has 1 saturated carbocycles. The minimum Gasteiger partial charge on any atom is -0.494 e. The molecule has 1 aromatic carbocycles. The maximum absolute atomic E-state index is 11.9. The van der Waals surface area contributed by atoms with Gasteiger partial charge in [-0.15, -0.1) is 0 Å². The number of carbonyl (C=O) groups is 2. The average Bonchev–Trinajstić information content (AvgIpc) is 2.78. The number of ether oxygens (including phenoxy) is 1. The van der Waals surface area contributed by atoms with E-state index in [0.717, 1.165) is 31.4 Å². The lowest BCUT2D eigenvalue weighted by atomic mass is 10.1. The molecule has 0 spiro atoms. The molecule has 0 aromatic heterocycles. The van der Waals surface area contributed by atoms with E-state index in [-0.39, 0.29) is 6.04 Å². The van der Waals surface area contributed by atoms with Crippen LogP contribution in [0.4, 0.5) is 5.69 Å². The quantitative estimate of drug-likeness (QED) is 0.664. The van der Waals surface area contributed by atoms with Crippen LogP contribution in [-0.4, -0.2) is 24.5 Å². The van der Waals surface area contributed by atoms with Crippen molar-refractivity contribution in [3.05, 3.63) is 24.3 Å². The summed E-state index contributed by atoms with van der Waals surface area (Å²) in [6.45, 7) is 2.50. The molecule has 5 nitrogen and oxygen atoms in total. The largest absolute Gasteiger partial charge is 0.494 e. The zero-order valence-electron chi connectivity index (χ0n) is 13.1. The van der Waals surface area contributed by atoms with Gasteiger partial charge in [0.15, 0.2) is 0 Å². The van der Waals surface area contributed by atoms with Crippen LogP contribution in [0.15, 0.2) is 24.3 Å². The second-order valence-corrected chi connectivity index (χ2v) is 5.57. The van der Waals surface area contributed by atoms with Gasteiger partial charge in [-0.05, 0) is 44.0 Å². The Morgan fingerprint density at radius 3 is 2.27 bits per heavy atom. The lowest BCUT2D eigenvalue weighted by Crippen LogP contribution is -2.41. The molecule has 0 atom stereocenters. The molecule has 1 fully saturated rings. The van der Waals surface area contributed by atoms with Gasteiger partial charge in [0, 0.05) is 11.7 Å². The molecule has 0 radical (unpaired) electrons. The summed E-state index contributed by atoms with van der Waals surface area (Å²) in [5.41, 5.74) is 0.587. The first-order valence-corrected chi connectivity index (χ1v) is 8.03. The fourth-order valence-electron chi connectivity index (χ4n) is 2.66. The monoisotopic (exact) mass is 304 g/mol. The Labute approximate surface area is 131 Å². The zero-order chi connectivity index (χ0) is 15.8. The van der Waals surface area contributed by atoms with Gasteiger partial charge in [-0.3, -0.25) is 9.59 Å². The molecule has 22 heavy (non-hydrogen) atoms. The molecule has 2 rings (SSSR count). The van der Waals surface area contributed by atoms with Crippen LogP contribution in [0.5, 0.6) is 5.75 Å². The highest BCUT2D eigenvalue weighted by Crippen LogP contribution is 2.18. The number of nitrogens with one attached hydrogen (secondary N) is 2. The van der Waals surface area contributed by atoms with Gasteiger partial charge < -0.3 is 15.4 Å². The van der Waals surface area contributed by atoms with Gasteiger partial charge in [-0.2, -0.15) is 0 Å². The number of anilines is 1. The van der Waals surface area contributed by atoms with Gasteiger partial charge in [-0.1, -0.05) is 25.7 Å². The number of hydrogen-bond acceptors (Lipinski definition) is 3. The van der Waals surface area contributed by atoms with E-state index in [1.165, 1.54) is 12.8 Å². The van der Waals surface area contributed by atoms with Crippen LogP contribution in [0.25, 0.3) is 0 Å². The third-order valence-electron chi connectivity index (χ3n) is 3.82. The van der Waals surface area contributed by atoms with E-state index < -0.39 is 11.8 Å². The Hall–Kier alpha value is -2.04. The Balaban J connectivity index is 1.83. The van der Waals surface area contributed by atoms with E-state index in [9.17, 15) is 9.59 Å². The van der Waals surface area contributed by atoms with E-state index in [0.29, 0.717) is 12.3 Å². The summed E-state index contributed by atoms with van der Waals surface area (Å²) in [6.07, 6.45) is 6.58. The van der Waals surface area contributed by atoms with Gasteiger partial charge >= 0.3 is 11.8 Å². The van der Waals surface area contributed by atoms with Gasteiger partial charge in [-0.25, -0.2) is 0 Å². The minimum absolute atomic E-state index is 0.126. The Morgan fingerprint density at radius 2 is 1.68 bits per heavy atom. The van der Waals surface area contributed by atoms with Gasteiger partial charge in [0.05, 0.1) is 6.61 Å². The molecular weight excluding hydrogens is 280 g/mol. The lowest BCUT2D eigenvalue weighted by molar-refractivity contribution is -0.136. The highest BCUT2D eigenvalue weighted by atomic mass is 16.5. The molecule has 0 aliphatic heterocycles. The summed E-state index contributed by atoms with van der Waals surface area (Å²) in [7, 11) is 0. The molecule has 1 aromatic rings. The summed E-state index contributed by atoms with van der Waals surface area (Å²) < 4.78 is 5.33. The number of carbonyl (C=O) groups excluding carboxylic acids is 2. The molecule has 0 saturated heterocycles. The number of amides is 2. The van der Waals surface area contributed by atoms with E-state index in [1.807, 2.05) is 6.92 Å². The molecular formula is C17H24N2O3. The van der Waals surface area contributed by atoms with Crippen LogP contribution in [-0.2, 0) is 9.59 Å². The van der Waals surface area contributed by atoms with E-state index in [2.05, 4.69) is 10.6 Å². The fraction of sp³-hybridized carbons (Fsp3) is 0.529. The summed E-state index contributed by atoms with van der Waals surface area (Å²) in [5.74, 6) is -0.433. The summed E-state index contributed by atoms with van der Waals surface area (Å²) in [4.78, 5) is 23.9. The SMILES string of the molecule is CCOc1ccc(NC(=O)C(=O)NC2CCCCCC2)cc1. The van der Waals surface area contributed by atoms with Crippen molar-refractivity contribution < 1.29 is 14.3 Å². The predicted molar refractivity (Wildman–Crippen MR) is 85.9 cm³/mol. The second kappa shape index (κ2) is 8.41. The topological polar surface area (TPSA) is 67.4 Å². The first-order valence-electron chi connectivity index (χ1n) is 8.03. The van der Waals surface area contributed by atoms with Crippen molar-refractivity contribution in [2.75, 3.05) is 11.9 Å². The molecule has 2 amide bonds. The van der Waals surface area contributed by atoms with Gasteiger partial charge in [0.2, 0.25) is 0 Å². The second-order valence-electron chi connectivity index (χ2n) is 5.57. The Bertz CT molecular complexity index is 491. The van der Waals surface area contributed by atoms with Crippen molar-refractivity contribution in [1.29, 1.82) is 0 Å². The number of hydrogen-bond donors (Lipinski definition) is 2. The van der Waals surface area contributed by atoms with Crippen molar-refractivity contribution in [2.45, 2.75) is 51.5 Å².